The molecule has 1 aliphatic rings. The summed E-state index contributed by atoms with van der Waals surface area (Å²) in [5.41, 5.74) is -0.502. The molecule has 1 heterocycles. The molecule has 0 fully saturated rings. The van der Waals surface area contributed by atoms with Crippen LogP contribution in [-0.2, 0) is 4.79 Å². The average Bonchev–Trinajstić information content (AvgIpc) is 2.18. The van der Waals surface area contributed by atoms with Gasteiger partial charge in [0.2, 0.25) is 0 Å². The summed E-state index contributed by atoms with van der Waals surface area (Å²) in [4.78, 5) is 13.3. The Balaban J connectivity index is 2.60. The minimum absolute atomic E-state index is 0.0262. The third-order valence-corrected chi connectivity index (χ3v) is 2.84. The minimum atomic E-state index is -0.984. The molecule has 1 aliphatic heterocycles. The van der Waals surface area contributed by atoms with E-state index in [4.69, 9.17) is 16.3 Å². The van der Waals surface area contributed by atoms with Gasteiger partial charge in [0.25, 0.3) is 5.91 Å². The lowest BCUT2D eigenvalue weighted by atomic mass is 10.0. The van der Waals surface area contributed by atoms with Gasteiger partial charge in [-0.05, 0) is 19.9 Å². The number of hydrogen-bond acceptors (Lipinski definition) is 2. The molecule has 1 aromatic carbocycles. The maximum absolute atomic E-state index is 13.3. The summed E-state index contributed by atoms with van der Waals surface area (Å²) < 4.78 is 18.7. The first-order chi connectivity index (χ1) is 7.33. The number of fused-ring (bicyclic) bond motifs is 1. The van der Waals surface area contributed by atoms with E-state index in [0.717, 1.165) is 0 Å². The number of anilines is 1. The summed E-state index contributed by atoms with van der Waals surface area (Å²) >= 11 is 5.66. The lowest BCUT2D eigenvalue weighted by molar-refractivity contribution is -0.132. The smallest absolute Gasteiger partial charge is 0.270 e. The average molecular weight is 244 g/mol. The van der Waals surface area contributed by atoms with Gasteiger partial charge in [-0.3, -0.25) is 4.79 Å². The van der Waals surface area contributed by atoms with Gasteiger partial charge in [-0.2, -0.15) is 0 Å². The molecule has 16 heavy (non-hydrogen) atoms. The third kappa shape index (κ3) is 1.53. The molecule has 5 heteroatoms. The molecule has 0 N–H and O–H groups in total. The van der Waals surface area contributed by atoms with Gasteiger partial charge < -0.3 is 9.64 Å². The molecular formula is C11H11ClFNO2. The summed E-state index contributed by atoms with van der Waals surface area (Å²) in [6.07, 6.45) is 0. The van der Waals surface area contributed by atoms with E-state index in [1.54, 1.807) is 20.9 Å². The van der Waals surface area contributed by atoms with Crippen molar-refractivity contribution in [3.05, 3.63) is 23.0 Å². The monoisotopic (exact) mass is 243 g/mol. The van der Waals surface area contributed by atoms with Crippen LogP contribution in [0.5, 0.6) is 5.75 Å². The van der Waals surface area contributed by atoms with E-state index >= 15 is 0 Å². The fraction of sp³-hybridized carbons (Fsp3) is 0.364. The molecule has 0 radical (unpaired) electrons. The fourth-order valence-corrected chi connectivity index (χ4v) is 1.85. The summed E-state index contributed by atoms with van der Waals surface area (Å²) in [6.45, 7) is 3.28. The molecule has 0 unspecified atom stereocenters. The van der Waals surface area contributed by atoms with Gasteiger partial charge in [0.15, 0.2) is 5.60 Å². The summed E-state index contributed by atoms with van der Waals surface area (Å²) in [7, 11) is 1.61. The second kappa shape index (κ2) is 3.35. The summed E-state index contributed by atoms with van der Waals surface area (Å²) in [5.74, 6) is -0.421. The highest BCUT2D eigenvalue weighted by molar-refractivity contribution is 6.31. The van der Waals surface area contributed by atoms with Crippen molar-refractivity contribution in [3.8, 4) is 5.75 Å². The van der Waals surface area contributed by atoms with Crippen LogP contribution in [-0.4, -0.2) is 18.6 Å². The zero-order valence-electron chi connectivity index (χ0n) is 9.17. The summed E-state index contributed by atoms with van der Waals surface area (Å²) in [6, 6.07) is 2.59. The molecule has 86 valence electrons. The van der Waals surface area contributed by atoms with E-state index < -0.39 is 11.4 Å². The maximum atomic E-state index is 13.3. The molecule has 0 saturated heterocycles. The quantitative estimate of drug-likeness (QED) is 0.701. The van der Waals surface area contributed by atoms with Gasteiger partial charge in [0.05, 0.1) is 10.7 Å². The number of rotatable bonds is 0. The lowest BCUT2D eigenvalue weighted by Crippen LogP contribution is -2.50. The molecule has 1 amide bonds. The maximum Gasteiger partial charge on any atom is 0.270 e. The highest BCUT2D eigenvalue weighted by Crippen LogP contribution is 2.39. The van der Waals surface area contributed by atoms with E-state index in [-0.39, 0.29) is 10.9 Å². The summed E-state index contributed by atoms with van der Waals surface area (Å²) in [5, 5.41) is -0.0262. The topological polar surface area (TPSA) is 29.5 Å². The predicted octanol–water partition coefficient (Wildman–Crippen LogP) is 2.61. The van der Waals surface area contributed by atoms with Crippen molar-refractivity contribution in [2.45, 2.75) is 19.4 Å². The number of benzene rings is 1. The van der Waals surface area contributed by atoms with Crippen molar-refractivity contribution in [1.82, 2.24) is 0 Å². The third-order valence-electron chi connectivity index (χ3n) is 2.55. The lowest BCUT2D eigenvalue weighted by Gasteiger charge is -2.36. The van der Waals surface area contributed by atoms with Crippen LogP contribution in [0.4, 0.5) is 10.1 Å². The number of carbonyl (C=O) groups is 1. The van der Waals surface area contributed by atoms with Crippen LogP contribution in [0, 0.1) is 5.82 Å². The van der Waals surface area contributed by atoms with Gasteiger partial charge in [-0.25, -0.2) is 4.39 Å². The molecule has 0 bridgehead atoms. The van der Waals surface area contributed by atoms with Crippen LogP contribution in [0.15, 0.2) is 12.1 Å². The molecule has 1 aromatic rings. The van der Waals surface area contributed by atoms with Crippen LogP contribution in [0.1, 0.15) is 13.8 Å². The molecule has 0 aromatic heterocycles. The number of ether oxygens (including phenoxy) is 1. The number of carbonyl (C=O) groups excluding carboxylic acids is 1. The van der Waals surface area contributed by atoms with Crippen molar-refractivity contribution in [2.24, 2.45) is 0 Å². The van der Waals surface area contributed by atoms with E-state index in [1.165, 1.54) is 17.0 Å². The van der Waals surface area contributed by atoms with Crippen LogP contribution < -0.4 is 9.64 Å². The first-order valence-electron chi connectivity index (χ1n) is 4.79. The number of likely N-dealkylation sites (N-methyl/N-ethyl adjacent to an activating group) is 1. The van der Waals surface area contributed by atoms with Crippen LogP contribution in [0.2, 0.25) is 5.02 Å². The Labute approximate surface area is 97.8 Å². The van der Waals surface area contributed by atoms with Gasteiger partial charge in [-0.15, -0.1) is 0 Å². The highest BCUT2D eigenvalue weighted by Gasteiger charge is 2.39. The van der Waals surface area contributed by atoms with Crippen molar-refractivity contribution in [3.63, 3.8) is 0 Å². The normalized spacial score (nSPS) is 18.1. The Morgan fingerprint density at radius 2 is 2.06 bits per heavy atom. The molecular weight excluding hydrogens is 233 g/mol. The van der Waals surface area contributed by atoms with E-state index in [0.29, 0.717) is 11.4 Å². The van der Waals surface area contributed by atoms with E-state index in [2.05, 4.69) is 0 Å². The van der Waals surface area contributed by atoms with Gasteiger partial charge in [-0.1, -0.05) is 11.6 Å². The SMILES string of the molecule is CN1C(=O)C(C)(C)Oc2cc(F)c(Cl)cc21. The van der Waals surface area contributed by atoms with Gasteiger partial charge >= 0.3 is 0 Å². The van der Waals surface area contributed by atoms with Crippen molar-refractivity contribution in [1.29, 1.82) is 0 Å². The van der Waals surface area contributed by atoms with Gasteiger partial charge in [0, 0.05) is 13.1 Å². The second-order valence-electron chi connectivity index (χ2n) is 4.21. The van der Waals surface area contributed by atoms with E-state index in [9.17, 15) is 9.18 Å². The Hall–Kier alpha value is -1.29. The zero-order chi connectivity index (χ0) is 12.1. The Morgan fingerprint density at radius 1 is 1.44 bits per heavy atom. The molecule has 0 spiro atoms. The zero-order valence-corrected chi connectivity index (χ0v) is 9.93. The highest BCUT2D eigenvalue weighted by atomic mass is 35.5. The van der Waals surface area contributed by atoms with Crippen molar-refractivity contribution in [2.75, 3.05) is 11.9 Å². The first-order valence-corrected chi connectivity index (χ1v) is 5.17. The van der Waals surface area contributed by atoms with Crippen LogP contribution >= 0.6 is 11.6 Å². The van der Waals surface area contributed by atoms with Gasteiger partial charge in [0.1, 0.15) is 11.6 Å². The number of amides is 1. The van der Waals surface area contributed by atoms with Crippen molar-refractivity contribution < 1.29 is 13.9 Å². The second-order valence-corrected chi connectivity index (χ2v) is 4.62. The first kappa shape index (κ1) is 11.2. The fourth-order valence-electron chi connectivity index (χ4n) is 1.69. The van der Waals surface area contributed by atoms with E-state index in [1.807, 2.05) is 0 Å². The molecule has 2 rings (SSSR count). The number of nitrogens with zero attached hydrogens (tertiary/aromatic N) is 1. The van der Waals surface area contributed by atoms with Crippen LogP contribution in [0.25, 0.3) is 0 Å². The standard InChI is InChI=1S/C11H11ClFNO2/c1-11(2)10(15)14(3)8-4-6(12)7(13)5-9(8)16-11/h4-5H,1-3H3. The Morgan fingerprint density at radius 3 is 2.69 bits per heavy atom. The minimum Gasteiger partial charge on any atom is -0.476 e. The van der Waals surface area contributed by atoms with Crippen LogP contribution in [0.3, 0.4) is 0 Å². The Kier molecular flexibility index (Phi) is 2.35. The molecule has 0 saturated carbocycles. The molecule has 3 nitrogen and oxygen atoms in total. The predicted molar refractivity (Wildman–Crippen MR) is 59.5 cm³/mol. The van der Waals surface area contributed by atoms with Crippen molar-refractivity contribution >= 4 is 23.2 Å². The molecule has 0 atom stereocenters. The number of hydrogen-bond donors (Lipinski definition) is 0. The number of halogens is 2. The molecule has 0 aliphatic carbocycles. The largest absolute Gasteiger partial charge is 0.476 e. The Bertz CT molecular complexity index is 473.